The summed E-state index contributed by atoms with van der Waals surface area (Å²) in [6.45, 7) is 3.23. The van der Waals surface area contributed by atoms with E-state index in [0.717, 1.165) is 5.56 Å². The average Bonchev–Trinajstić information content (AvgIpc) is 2.41. The van der Waals surface area contributed by atoms with E-state index in [1.807, 2.05) is 11.8 Å². The van der Waals surface area contributed by atoms with Gasteiger partial charge in [-0.1, -0.05) is 24.8 Å². The lowest BCUT2D eigenvalue weighted by atomic mass is 10.1. The second-order valence-electron chi connectivity index (χ2n) is 4.36. The van der Waals surface area contributed by atoms with Crippen LogP contribution in [0.3, 0.4) is 0 Å². The number of nitrogens with zero attached hydrogens (tertiary/aromatic N) is 1. The number of amides is 1. The van der Waals surface area contributed by atoms with Gasteiger partial charge in [-0.2, -0.15) is 0 Å². The minimum atomic E-state index is -0.392. The van der Waals surface area contributed by atoms with Crippen molar-refractivity contribution < 1.29 is 14.3 Å². The third-order valence-corrected chi connectivity index (χ3v) is 2.72. The van der Waals surface area contributed by atoms with Crippen molar-refractivity contribution in [1.82, 2.24) is 4.90 Å². The predicted molar refractivity (Wildman–Crippen MR) is 75.1 cm³/mol. The molecule has 4 nitrogen and oxygen atoms in total. The van der Waals surface area contributed by atoms with Crippen LogP contribution in [-0.4, -0.2) is 35.6 Å². The fraction of sp³-hybridized carbons (Fsp3) is 0.400. The fourth-order valence-electron chi connectivity index (χ4n) is 1.74. The van der Waals surface area contributed by atoms with Crippen molar-refractivity contribution in [1.29, 1.82) is 0 Å². The van der Waals surface area contributed by atoms with Crippen LogP contribution in [-0.2, 0) is 11.3 Å². The van der Waals surface area contributed by atoms with E-state index in [4.69, 9.17) is 10.8 Å². The SMILES string of the molecule is CCN(CC(N)=O)Cc1ccc(F)c(C#CCCO)c1. The van der Waals surface area contributed by atoms with Gasteiger partial charge < -0.3 is 10.8 Å². The van der Waals surface area contributed by atoms with E-state index in [1.165, 1.54) is 6.07 Å². The monoisotopic (exact) mass is 278 g/mol. The molecule has 0 spiro atoms. The number of aliphatic hydroxyl groups is 1. The molecule has 0 fully saturated rings. The second kappa shape index (κ2) is 8.31. The first kappa shape index (κ1) is 16.2. The number of carbonyl (C=O) groups excluding carboxylic acids is 1. The molecule has 108 valence electrons. The molecular weight excluding hydrogens is 259 g/mol. The molecule has 0 aromatic heterocycles. The average molecular weight is 278 g/mol. The molecule has 1 aromatic carbocycles. The van der Waals surface area contributed by atoms with Gasteiger partial charge in [0.15, 0.2) is 0 Å². The van der Waals surface area contributed by atoms with Gasteiger partial charge >= 0.3 is 0 Å². The molecule has 0 unspecified atom stereocenters. The van der Waals surface area contributed by atoms with Gasteiger partial charge in [-0.25, -0.2) is 4.39 Å². The van der Waals surface area contributed by atoms with Crippen LogP contribution in [0.25, 0.3) is 0 Å². The Labute approximate surface area is 118 Å². The van der Waals surface area contributed by atoms with Crippen molar-refractivity contribution in [3.05, 3.63) is 35.1 Å². The van der Waals surface area contributed by atoms with Crippen LogP contribution in [0.1, 0.15) is 24.5 Å². The third kappa shape index (κ3) is 5.39. The van der Waals surface area contributed by atoms with Crippen LogP contribution in [0.2, 0.25) is 0 Å². The third-order valence-electron chi connectivity index (χ3n) is 2.72. The van der Waals surface area contributed by atoms with Gasteiger partial charge in [0.25, 0.3) is 0 Å². The zero-order valence-corrected chi connectivity index (χ0v) is 11.5. The molecule has 3 N–H and O–H groups in total. The van der Waals surface area contributed by atoms with Gasteiger partial charge in [0.1, 0.15) is 5.82 Å². The maximum Gasteiger partial charge on any atom is 0.231 e. The Morgan fingerprint density at radius 1 is 1.50 bits per heavy atom. The highest BCUT2D eigenvalue weighted by molar-refractivity contribution is 5.75. The summed E-state index contributed by atoms with van der Waals surface area (Å²) in [5.41, 5.74) is 6.33. The topological polar surface area (TPSA) is 66.6 Å². The van der Waals surface area contributed by atoms with Crippen molar-refractivity contribution >= 4 is 5.91 Å². The highest BCUT2D eigenvalue weighted by Crippen LogP contribution is 2.11. The van der Waals surface area contributed by atoms with Crippen molar-refractivity contribution in [3.63, 3.8) is 0 Å². The van der Waals surface area contributed by atoms with E-state index in [-0.39, 0.29) is 13.2 Å². The van der Waals surface area contributed by atoms with Crippen LogP contribution in [0, 0.1) is 17.7 Å². The maximum atomic E-state index is 13.6. The van der Waals surface area contributed by atoms with Gasteiger partial charge in [-0.3, -0.25) is 9.69 Å². The number of benzene rings is 1. The molecule has 1 rings (SSSR count). The maximum absolute atomic E-state index is 13.6. The number of likely N-dealkylation sites (N-methyl/N-ethyl adjacent to an activating group) is 1. The molecule has 0 heterocycles. The molecule has 0 saturated carbocycles. The summed E-state index contributed by atoms with van der Waals surface area (Å²) in [5, 5.41) is 8.66. The number of aliphatic hydroxyl groups excluding tert-OH is 1. The van der Waals surface area contributed by atoms with Crippen LogP contribution in [0.5, 0.6) is 0 Å². The van der Waals surface area contributed by atoms with Gasteiger partial charge in [0.05, 0.1) is 18.7 Å². The zero-order chi connectivity index (χ0) is 15.0. The molecule has 5 heteroatoms. The van der Waals surface area contributed by atoms with E-state index in [2.05, 4.69) is 11.8 Å². The lowest BCUT2D eigenvalue weighted by Crippen LogP contribution is -2.33. The number of carbonyl (C=O) groups is 1. The van der Waals surface area contributed by atoms with Gasteiger partial charge in [-0.15, -0.1) is 0 Å². The molecule has 0 radical (unpaired) electrons. The first-order chi connectivity index (χ1) is 9.56. The summed E-state index contributed by atoms with van der Waals surface area (Å²) in [6, 6.07) is 4.68. The Bertz CT molecular complexity index is 520. The van der Waals surface area contributed by atoms with Gasteiger partial charge in [0, 0.05) is 13.0 Å². The number of rotatable bonds is 6. The number of nitrogens with two attached hydrogens (primary N) is 1. The second-order valence-corrected chi connectivity index (χ2v) is 4.36. The number of primary amides is 1. The number of halogens is 1. The Morgan fingerprint density at radius 2 is 2.25 bits per heavy atom. The normalized spacial score (nSPS) is 10.2. The molecule has 0 aliphatic carbocycles. The zero-order valence-electron chi connectivity index (χ0n) is 11.5. The predicted octanol–water partition coefficient (Wildman–Crippen LogP) is 0.867. The largest absolute Gasteiger partial charge is 0.395 e. The highest BCUT2D eigenvalue weighted by Gasteiger charge is 2.08. The molecule has 1 aromatic rings. The van der Waals surface area contributed by atoms with Crippen LogP contribution in [0.4, 0.5) is 4.39 Å². The van der Waals surface area contributed by atoms with E-state index < -0.39 is 11.7 Å². The minimum absolute atomic E-state index is 0.0451. The van der Waals surface area contributed by atoms with Crippen LogP contribution >= 0.6 is 0 Å². The number of hydrogen-bond donors (Lipinski definition) is 2. The van der Waals surface area contributed by atoms with E-state index >= 15 is 0 Å². The van der Waals surface area contributed by atoms with Crippen LogP contribution < -0.4 is 5.73 Å². The molecule has 0 bridgehead atoms. The Hall–Kier alpha value is -1.90. The minimum Gasteiger partial charge on any atom is -0.395 e. The first-order valence-corrected chi connectivity index (χ1v) is 6.45. The quantitative estimate of drug-likeness (QED) is 0.759. The molecule has 20 heavy (non-hydrogen) atoms. The van der Waals surface area contributed by atoms with Crippen LogP contribution in [0.15, 0.2) is 18.2 Å². The van der Waals surface area contributed by atoms with E-state index in [9.17, 15) is 9.18 Å². The molecular formula is C15H19FN2O2. The summed E-state index contributed by atoms with van der Waals surface area (Å²) in [4.78, 5) is 12.8. The smallest absolute Gasteiger partial charge is 0.231 e. The molecule has 0 atom stereocenters. The molecule has 1 amide bonds. The fourth-order valence-corrected chi connectivity index (χ4v) is 1.74. The highest BCUT2D eigenvalue weighted by atomic mass is 19.1. The first-order valence-electron chi connectivity index (χ1n) is 6.45. The van der Waals surface area contributed by atoms with Crippen molar-refractivity contribution in [3.8, 4) is 11.8 Å². The lowest BCUT2D eigenvalue weighted by molar-refractivity contribution is -0.119. The molecule has 0 saturated heterocycles. The van der Waals surface area contributed by atoms with Gasteiger partial charge in [0.2, 0.25) is 5.91 Å². The number of hydrogen-bond acceptors (Lipinski definition) is 3. The Kier molecular flexibility index (Phi) is 6.71. The van der Waals surface area contributed by atoms with Gasteiger partial charge in [-0.05, 0) is 24.2 Å². The molecule has 0 aliphatic heterocycles. The van der Waals surface area contributed by atoms with Crippen molar-refractivity contribution in [2.45, 2.75) is 19.9 Å². The Balaban J connectivity index is 2.84. The summed E-state index contributed by atoms with van der Waals surface area (Å²) in [5.74, 6) is 4.60. The lowest BCUT2D eigenvalue weighted by Gasteiger charge is -2.18. The summed E-state index contributed by atoms with van der Waals surface area (Å²) >= 11 is 0. The van der Waals surface area contributed by atoms with E-state index in [1.54, 1.807) is 12.1 Å². The van der Waals surface area contributed by atoms with Crippen molar-refractivity contribution in [2.24, 2.45) is 5.73 Å². The standard InChI is InChI=1S/C15H19FN2O2/c1-2-18(11-15(17)20)10-12-6-7-14(16)13(9-12)5-3-4-8-19/h6-7,9,19H,2,4,8,10-11H2,1H3,(H2,17,20). The summed E-state index contributed by atoms with van der Waals surface area (Å²) in [6.07, 6.45) is 0.312. The van der Waals surface area contributed by atoms with E-state index in [0.29, 0.717) is 25.1 Å². The Morgan fingerprint density at radius 3 is 2.85 bits per heavy atom. The molecule has 0 aliphatic rings. The van der Waals surface area contributed by atoms with Crippen molar-refractivity contribution in [2.75, 3.05) is 19.7 Å². The summed E-state index contributed by atoms with van der Waals surface area (Å²) in [7, 11) is 0. The summed E-state index contributed by atoms with van der Waals surface area (Å²) < 4.78 is 13.6.